The van der Waals surface area contributed by atoms with Crippen molar-refractivity contribution in [2.24, 2.45) is 0 Å². The van der Waals surface area contributed by atoms with E-state index >= 15 is 0 Å². The fourth-order valence-electron chi connectivity index (χ4n) is 5.35. The molecule has 8 nitrogen and oxygen atoms in total. The van der Waals surface area contributed by atoms with Crippen molar-refractivity contribution in [1.29, 1.82) is 0 Å². The first-order valence-electron chi connectivity index (χ1n) is 12.7. The van der Waals surface area contributed by atoms with E-state index in [0.717, 1.165) is 24.2 Å². The molecule has 11 heteroatoms. The maximum atomic E-state index is 13.0. The molecule has 2 aromatic carbocycles. The van der Waals surface area contributed by atoms with Gasteiger partial charge in [-0.25, -0.2) is 0 Å². The molecule has 3 heterocycles. The molecular weight excluding hydrogens is 455 g/mol. The van der Waals surface area contributed by atoms with Gasteiger partial charge in [-0.1, -0.05) is 30.3 Å². The van der Waals surface area contributed by atoms with Gasteiger partial charge in [-0.15, -0.1) is 0 Å². The number of piperidine rings is 1. The van der Waals surface area contributed by atoms with Crippen LogP contribution in [0.2, 0.25) is 0 Å². The minimum Gasteiger partial charge on any atom is -0.489 e. The van der Waals surface area contributed by atoms with Crippen molar-refractivity contribution in [1.82, 2.24) is 15.1 Å². The number of carbonyl (C=O) groups is 3. The second-order valence-corrected chi connectivity index (χ2v) is 10.1. The van der Waals surface area contributed by atoms with Crippen molar-refractivity contribution >= 4 is 41.3 Å². The summed E-state index contributed by atoms with van der Waals surface area (Å²) in [7, 11) is 6.46. The number of morpholine rings is 1. The Balaban J connectivity index is 1.22. The van der Waals surface area contributed by atoms with Gasteiger partial charge in [-0.05, 0) is 35.6 Å². The first-order chi connectivity index (χ1) is 17.3. The number of nitrogens with one attached hydrogen (secondary N) is 1. The van der Waals surface area contributed by atoms with Crippen LogP contribution in [0.5, 0.6) is 5.75 Å². The van der Waals surface area contributed by atoms with Crippen LogP contribution in [0.3, 0.4) is 0 Å². The molecule has 0 radical (unpaired) electrons. The van der Waals surface area contributed by atoms with E-state index < -0.39 is 11.9 Å². The van der Waals surface area contributed by atoms with Gasteiger partial charge < -0.3 is 19.3 Å². The lowest BCUT2D eigenvalue weighted by Crippen LogP contribution is -2.55. The largest absolute Gasteiger partial charge is 0.489 e. The number of rotatable bonds is 6. The fourth-order valence-corrected chi connectivity index (χ4v) is 5.35. The van der Waals surface area contributed by atoms with Gasteiger partial charge in [0.05, 0.1) is 6.54 Å². The number of hydrogen-bond donors (Lipinski definition) is 1. The summed E-state index contributed by atoms with van der Waals surface area (Å²) in [6.07, 6.45) is 0.576. The summed E-state index contributed by atoms with van der Waals surface area (Å²) in [5, 5.41) is 2.34. The Labute approximate surface area is 213 Å². The van der Waals surface area contributed by atoms with Crippen LogP contribution in [0, 0.1) is 0 Å². The molecule has 4 atom stereocenters. The van der Waals surface area contributed by atoms with Crippen molar-refractivity contribution < 1.29 is 23.9 Å². The summed E-state index contributed by atoms with van der Waals surface area (Å²) in [6.45, 7) is 2.48. The molecule has 2 aromatic rings. The molecule has 2 fully saturated rings. The van der Waals surface area contributed by atoms with E-state index in [-0.39, 0.29) is 30.2 Å². The lowest BCUT2D eigenvalue weighted by Gasteiger charge is -2.42. The highest BCUT2D eigenvalue weighted by atomic mass is 16.5. The van der Waals surface area contributed by atoms with Crippen molar-refractivity contribution in [2.75, 3.05) is 6.54 Å². The van der Waals surface area contributed by atoms with E-state index in [9.17, 15) is 14.4 Å². The van der Waals surface area contributed by atoms with Gasteiger partial charge in [0.25, 0.3) is 5.91 Å². The zero-order valence-electron chi connectivity index (χ0n) is 21.0. The van der Waals surface area contributed by atoms with Crippen LogP contribution >= 0.6 is 0 Å². The normalized spacial score (nSPS) is 26.6. The third kappa shape index (κ3) is 4.95. The van der Waals surface area contributed by atoms with Gasteiger partial charge in [0.1, 0.15) is 41.9 Å². The van der Waals surface area contributed by atoms with Crippen molar-refractivity contribution in [3.63, 3.8) is 0 Å². The van der Waals surface area contributed by atoms with E-state index in [1.807, 2.05) is 6.07 Å². The number of amides is 3. The molecule has 0 aromatic heterocycles. The molecule has 0 bridgehead atoms. The monoisotopic (exact) mass is 485 g/mol. The third-order valence-electron chi connectivity index (χ3n) is 7.54. The lowest BCUT2D eigenvalue weighted by molar-refractivity contribution is -0.136. The summed E-state index contributed by atoms with van der Waals surface area (Å²) >= 11 is 0. The highest BCUT2D eigenvalue weighted by Gasteiger charge is 2.40. The predicted octanol–water partition coefficient (Wildman–Crippen LogP) is -1.26. The maximum Gasteiger partial charge on any atom is 0.255 e. The molecule has 3 aliphatic heterocycles. The first kappa shape index (κ1) is 24.7. The summed E-state index contributed by atoms with van der Waals surface area (Å²) in [6, 6.07) is 13.7. The Morgan fingerprint density at radius 3 is 2.53 bits per heavy atom. The second kappa shape index (κ2) is 10.1. The van der Waals surface area contributed by atoms with Crippen LogP contribution in [0.4, 0.5) is 0 Å². The van der Waals surface area contributed by atoms with Crippen molar-refractivity contribution in [3.05, 3.63) is 64.7 Å². The molecule has 4 unspecified atom stereocenters. The number of carbonyl (C=O) groups excluding carboxylic acids is 3. The molecule has 0 aliphatic carbocycles. The summed E-state index contributed by atoms with van der Waals surface area (Å²) in [4.78, 5) is 40.8. The molecule has 184 valence electrons. The minimum atomic E-state index is -0.636. The molecule has 3 aliphatic rings. The third-order valence-corrected chi connectivity index (χ3v) is 7.54. The average molecular weight is 485 g/mol. The van der Waals surface area contributed by atoms with E-state index in [1.54, 1.807) is 17.0 Å². The molecule has 5 rings (SSSR count). The average Bonchev–Trinajstić information content (AvgIpc) is 3.18. The zero-order valence-corrected chi connectivity index (χ0v) is 21.0. The first-order valence-corrected chi connectivity index (χ1v) is 12.7. The van der Waals surface area contributed by atoms with Crippen LogP contribution in [-0.4, -0.2) is 81.6 Å². The van der Waals surface area contributed by atoms with E-state index in [1.165, 1.54) is 5.56 Å². The Hall–Kier alpha value is -3.04. The Morgan fingerprint density at radius 1 is 1.03 bits per heavy atom. The van der Waals surface area contributed by atoms with E-state index in [4.69, 9.17) is 9.47 Å². The fraction of sp³-hybridized carbons (Fsp3) is 0.400. The quantitative estimate of drug-likeness (QED) is 0.407. The van der Waals surface area contributed by atoms with Gasteiger partial charge in [-0.3, -0.25) is 19.7 Å². The number of nitrogens with zero attached hydrogens (tertiary/aromatic N) is 2. The lowest BCUT2D eigenvalue weighted by atomic mass is 9.76. The summed E-state index contributed by atoms with van der Waals surface area (Å²) in [5.41, 5.74) is 3.63. The van der Waals surface area contributed by atoms with E-state index in [2.05, 4.69) is 58.0 Å². The predicted molar refractivity (Wildman–Crippen MR) is 142 cm³/mol. The topological polar surface area (TPSA) is 88.2 Å². The number of benzene rings is 2. The molecule has 2 saturated heterocycles. The Bertz CT molecular complexity index is 1180. The molecule has 0 spiro atoms. The van der Waals surface area contributed by atoms with Crippen LogP contribution in [-0.2, 0) is 34.0 Å². The van der Waals surface area contributed by atoms with Crippen LogP contribution < -0.4 is 10.1 Å². The van der Waals surface area contributed by atoms with Gasteiger partial charge in [-0.2, -0.15) is 0 Å². The highest BCUT2D eigenvalue weighted by Crippen LogP contribution is 2.34. The van der Waals surface area contributed by atoms with Gasteiger partial charge >= 0.3 is 0 Å². The minimum absolute atomic E-state index is 0.199. The molecular formula is C25H30B3N3O5. The molecule has 3 amide bonds. The Morgan fingerprint density at radius 2 is 1.78 bits per heavy atom. The molecule has 0 saturated carbocycles. The van der Waals surface area contributed by atoms with Crippen LogP contribution in [0.15, 0.2) is 42.5 Å². The summed E-state index contributed by atoms with van der Waals surface area (Å²) in [5.74, 6) is 0.108. The van der Waals surface area contributed by atoms with Gasteiger partial charge in [0.2, 0.25) is 11.8 Å². The number of imide groups is 1. The summed E-state index contributed by atoms with van der Waals surface area (Å²) < 4.78 is 12.1. The number of hydrogen-bond acceptors (Lipinski definition) is 6. The zero-order chi connectivity index (χ0) is 25.4. The van der Waals surface area contributed by atoms with Crippen LogP contribution in [0.1, 0.15) is 39.9 Å². The molecule has 36 heavy (non-hydrogen) atoms. The maximum absolute atomic E-state index is 13.0. The van der Waals surface area contributed by atoms with Crippen LogP contribution in [0.25, 0.3) is 0 Å². The molecule has 1 N–H and O–H groups in total. The van der Waals surface area contributed by atoms with Gasteiger partial charge in [0, 0.05) is 42.6 Å². The highest BCUT2D eigenvalue weighted by molar-refractivity contribution is 6.21. The smallest absolute Gasteiger partial charge is 0.255 e. The second-order valence-electron chi connectivity index (χ2n) is 10.1. The Kier molecular flexibility index (Phi) is 6.95. The van der Waals surface area contributed by atoms with Crippen molar-refractivity contribution in [3.8, 4) is 5.75 Å². The SMILES string of the molecule is BC1CN(Cc2ccc(COc3cccc4c3CN(C3CCC(=O)NC3=O)C4=O)cc2)C(B)C(B)O1. The standard InChI is InChI=1S/C25H30B3N3O5/c26-20-12-30(22(27)23(28)36-20)10-14-4-6-15(7-5-14)13-35-19-3-1-2-16-17(19)11-31(25(16)34)18-8-9-21(32)29-24(18)33/h1-7,18,20,22-23H,8-13,26-28H2,(H,29,32,33). The number of ether oxygens (including phenoxy) is 2. The number of fused-ring (bicyclic) bond motifs is 1. The van der Waals surface area contributed by atoms with Gasteiger partial charge in [0.15, 0.2) is 0 Å². The van der Waals surface area contributed by atoms with Crippen molar-refractivity contribution in [2.45, 2.75) is 56.5 Å². The van der Waals surface area contributed by atoms with E-state index in [0.29, 0.717) is 36.8 Å².